The molecule has 0 aromatic heterocycles. The van der Waals surface area contributed by atoms with E-state index in [9.17, 15) is 9.90 Å². The van der Waals surface area contributed by atoms with Crippen molar-refractivity contribution in [3.05, 3.63) is 23.8 Å². The summed E-state index contributed by atoms with van der Waals surface area (Å²) in [6, 6.07) is 5.42. The van der Waals surface area contributed by atoms with Crippen LogP contribution in [0.3, 0.4) is 0 Å². The molecule has 1 saturated carbocycles. The molecule has 5 heteroatoms. The highest BCUT2D eigenvalue weighted by Crippen LogP contribution is 2.31. The predicted molar refractivity (Wildman–Crippen MR) is 80.9 cm³/mol. The van der Waals surface area contributed by atoms with Crippen molar-refractivity contribution in [3.63, 3.8) is 0 Å². The molecule has 2 rings (SSSR count). The summed E-state index contributed by atoms with van der Waals surface area (Å²) >= 11 is 0. The molecule has 5 nitrogen and oxygen atoms in total. The fourth-order valence-electron chi connectivity index (χ4n) is 2.63. The molecule has 20 heavy (non-hydrogen) atoms. The highest BCUT2D eigenvalue weighted by molar-refractivity contribution is 5.95. The van der Waals surface area contributed by atoms with E-state index in [1.165, 1.54) is 4.90 Å². The third-order valence-electron chi connectivity index (χ3n) is 3.83. The zero-order valence-corrected chi connectivity index (χ0v) is 12.3. The van der Waals surface area contributed by atoms with E-state index >= 15 is 0 Å². The molecule has 0 aliphatic heterocycles. The molecule has 0 atom stereocenters. The topological polar surface area (TPSA) is 69.8 Å². The van der Waals surface area contributed by atoms with Gasteiger partial charge in [0.25, 0.3) is 5.91 Å². The van der Waals surface area contributed by atoms with Crippen molar-refractivity contribution in [2.75, 3.05) is 38.3 Å². The van der Waals surface area contributed by atoms with Crippen molar-refractivity contribution in [2.45, 2.75) is 18.9 Å². The van der Waals surface area contributed by atoms with E-state index in [1.807, 2.05) is 13.1 Å². The quantitative estimate of drug-likeness (QED) is 0.811. The number of nitrogen functional groups attached to an aromatic ring is 1. The number of anilines is 2. The smallest absolute Gasteiger partial charge is 0.253 e. The average molecular weight is 277 g/mol. The van der Waals surface area contributed by atoms with Gasteiger partial charge in [-0.3, -0.25) is 4.79 Å². The third kappa shape index (κ3) is 3.04. The predicted octanol–water partition coefficient (Wildman–Crippen LogP) is 1.18. The minimum atomic E-state index is -0.133. The van der Waals surface area contributed by atoms with Crippen LogP contribution in [-0.2, 0) is 0 Å². The minimum absolute atomic E-state index is 0.0481. The minimum Gasteiger partial charge on any atom is -0.397 e. The first kappa shape index (κ1) is 14.7. The monoisotopic (exact) mass is 277 g/mol. The number of amides is 1. The van der Waals surface area contributed by atoms with Crippen LogP contribution in [0.15, 0.2) is 18.2 Å². The summed E-state index contributed by atoms with van der Waals surface area (Å²) in [5.74, 6) is 0.477. The second-order valence-electron chi connectivity index (χ2n) is 5.84. The standard InChI is InChI=1S/C15H23N3O2/c1-17(2)15(20)11-4-5-14(13(16)8-11)18(3)9-10-6-12(19)7-10/h4-5,8,10,12,19H,6-7,9,16H2,1-3H3. The lowest BCUT2D eigenvalue weighted by molar-refractivity contribution is 0.0465. The maximum absolute atomic E-state index is 11.9. The summed E-state index contributed by atoms with van der Waals surface area (Å²) in [4.78, 5) is 15.5. The van der Waals surface area contributed by atoms with Crippen LogP contribution in [0.25, 0.3) is 0 Å². The molecule has 1 aliphatic rings. The van der Waals surface area contributed by atoms with Gasteiger partial charge < -0.3 is 20.6 Å². The third-order valence-corrected chi connectivity index (χ3v) is 3.83. The Labute approximate surface area is 120 Å². The van der Waals surface area contributed by atoms with E-state index in [4.69, 9.17) is 5.73 Å². The fourth-order valence-corrected chi connectivity index (χ4v) is 2.63. The fraction of sp³-hybridized carbons (Fsp3) is 0.533. The number of benzene rings is 1. The summed E-state index contributed by atoms with van der Waals surface area (Å²) in [5, 5.41) is 9.32. The van der Waals surface area contributed by atoms with E-state index in [-0.39, 0.29) is 12.0 Å². The molecule has 0 unspecified atom stereocenters. The number of carbonyl (C=O) groups excluding carboxylic acids is 1. The van der Waals surface area contributed by atoms with Gasteiger partial charge >= 0.3 is 0 Å². The number of aliphatic hydroxyl groups is 1. The first-order chi connectivity index (χ1) is 9.38. The zero-order chi connectivity index (χ0) is 14.9. The van der Waals surface area contributed by atoms with Crippen LogP contribution in [-0.4, -0.2) is 49.7 Å². The summed E-state index contributed by atoms with van der Waals surface area (Å²) in [6.45, 7) is 0.877. The Balaban J connectivity index is 2.07. The highest BCUT2D eigenvalue weighted by atomic mass is 16.3. The van der Waals surface area contributed by atoms with Gasteiger partial charge in [0.1, 0.15) is 0 Å². The van der Waals surface area contributed by atoms with Gasteiger partial charge in [-0.05, 0) is 37.0 Å². The van der Waals surface area contributed by atoms with Gasteiger partial charge in [0.2, 0.25) is 0 Å². The van der Waals surface area contributed by atoms with E-state index in [0.29, 0.717) is 17.2 Å². The Morgan fingerprint density at radius 3 is 2.50 bits per heavy atom. The first-order valence-corrected chi connectivity index (χ1v) is 6.89. The number of aliphatic hydroxyl groups excluding tert-OH is 1. The number of carbonyl (C=O) groups is 1. The largest absolute Gasteiger partial charge is 0.397 e. The molecule has 1 aliphatic carbocycles. The number of nitrogens with two attached hydrogens (primary N) is 1. The van der Waals surface area contributed by atoms with Crippen LogP contribution in [0.1, 0.15) is 23.2 Å². The molecule has 1 aromatic rings. The van der Waals surface area contributed by atoms with Crippen molar-refractivity contribution in [1.82, 2.24) is 4.90 Å². The molecular weight excluding hydrogens is 254 g/mol. The molecule has 0 saturated heterocycles. The van der Waals surface area contributed by atoms with Crippen LogP contribution in [0.2, 0.25) is 0 Å². The Bertz CT molecular complexity index is 496. The van der Waals surface area contributed by atoms with Crippen molar-refractivity contribution in [2.24, 2.45) is 5.92 Å². The van der Waals surface area contributed by atoms with Gasteiger partial charge in [0.05, 0.1) is 17.5 Å². The van der Waals surface area contributed by atoms with E-state index in [0.717, 1.165) is 25.1 Å². The van der Waals surface area contributed by atoms with Gasteiger partial charge in [-0.2, -0.15) is 0 Å². The first-order valence-electron chi connectivity index (χ1n) is 6.89. The Morgan fingerprint density at radius 2 is 2.00 bits per heavy atom. The normalized spacial score (nSPS) is 21.2. The second-order valence-corrected chi connectivity index (χ2v) is 5.84. The van der Waals surface area contributed by atoms with E-state index < -0.39 is 0 Å². The van der Waals surface area contributed by atoms with Gasteiger partial charge in [0.15, 0.2) is 0 Å². The Morgan fingerprint density at radius 1 is 1.35 bits per heavy atom. The summed E-state index contributed by atoms with van der Waals surface area (Å²) in [7, 11) is 5.44. The maximum atomic E-state index is 11.9. The van der Waals surface area contributed by atoms with Crippen LogP contribution in [0.5, 0.6) is 0 Å². The summed E-state index contributed by atoms with van der Waals surface area (Å²) < 4.78 is 0. The molecule has 0 spiro atoms. The van der Waals surface area contributed by atoms with Gasteiger partial charge in [-0.25, -0.2) is 0 Å². The average Bonchev–Trinajstić information content (AvgIpc) is 2.35. The van der Waals surface area contributed by atoms with Gasteiger partial charge in [-0.15, -0.1) is 0 Å². The van der Waals surface area contributed by atoms with Gasteiger partial charge in [0, 0.05) is 33.3 Å². The second kappa shape index (κ2) is 5.71. The van der Waals surface area contributed by atoms with E-state index in [1.54, 1.807) is 26.2 Å². The molecule has 1 amide bonds. The Hall–Kier alpha value is -1.75. The van der Waals surface area contributed by atoms with Crippen LogP contribution in [0.4, 0.5) is 11.4 Å². The molecule has 1 fully saturated rings. The number of hydrogen-bond donors (Lipinski definition) is 2. The molecule has 0 bridgehead atoms. The lowest BCUT2D eigenvalue weighted by Gasteiger charge is -2.35. The number of nitrogens with zero attached hydrogens (tertiary/aromatic N) is 2. The van der Waals surface area contributed by atoms with Crippen molar-refractivity contribution >= 4 is 17.3 Å². The molecule has 0 heterocycles. The highest BCUT2D eigenvalue weighted by Gasteiger charge is 2.28. The lowest BCUT2D eigenvalue weighted by Crippen LogP contribution is -2.37. The Kier molecular flexibility index (Phi) is 4.18. The molecule has 1 aromatic carbocycles. The van der Waals surface area contributed by atoms with E-state index in [2.05, 4.69) is 4.90 Å². The van der Waals surface area contributed by atoms with Crippen molar-refractivity contribution < 1.29 is 9.90 Å². The lowest BCUT2D eigenvalue weighted by atomic mass is 9.82. The number of rotatable bonds is 4. The zero-order valence-electron chi connectivity index (χ0n) is 12.3. The summed E-state index contributed by atoms with van der Waals surface area (Å²) in [6.07, 6.45) is 1.59. The SMILES string of the molecule is CN(C)C(=O)c1ccc(N(C)CC2CC(O)C2)c(N)c1. The molecule has 110 valence electrons. The molecule has 0 radical (unpaired) electrons. The molecular formula is C15H23N3O2. The van der Waals surface area contributed by atoms with Crippen molar-refractivity contribution in [3.8, 4) is 0 Å². The van der Waals surface area contributed by atoms with Gasteiger partial charge in [-0.1, -0.05) is 0 Å². The number of hydrogen-bond acceptors (Lipinski definition) is 4. The molecule has 3 N–H and O–H groups in total. The van der Waals surface area contributed by atoms with Crippen LogP contribution in [0, 0.1) is 5.92 Å². The summed E-state index contributed by atoms with van der Waals surface area (Å²) in [5.41, 5.74) is 8.20. The van der Waals surface area contributed by atoms with Crippen LogP contribution < -0.4 is 10.6 Å². The van der Waals surface area contributed by atoms with Crippen LogP contribution >= 0.6 is 0 Å². The van der Waals surface area contributed by atoms with Crippen molar-refractivity contribution in [1.29, 1.82) is 0 Å². The maximum Gasteiger partial charge on any atom is 0.253 e.